The zero-order valence-corrected chi connectivity index (χ0v) is 10.1. The van der Waals surface area contributed by atoms with Crippen molar-refractivity contribution in [2.75, 3.05) is 7.11 Å². The van der Waals surface area contributed by atoms with Crippen molar-refractivity contribution in [3.63, 3.8) is 0 Å². The van der Waals surface area contributed by atoms with Crippen molar-refractivity contribution in [2.24, 2.45) is 5.92 Å². The molecule has 0 amide bonds. The summed E-state index contributed by atoms with van der Waals surface area (Å²) in [6, 6.07) is 0. The highest BCUT2D eigenvalue weighted by molar-refractivity contribution is 5.83. The van der Waals surface area contributed by atoms with Crippen molar-refractivity contribution in [2.45, 2.75) is 64.4 Å². The van der Waals surface area contributed by atoms with Gasteiger partial charge in [-0.05, 0) is 12.3 Å². The summed E-state index contributed by atoms with van der Waals surface area (Å²) in [4.78, 5) is 11.9. The SMILES string of the molecule is CCCC(OC)C(=O)CC1CCCCC1. The molecule has 2 nitrogen and oxygen atoms in total. The largest absolute Gasteiger partial charge is 0.374 e. The second-order valence-corrected chi connectivity index (χ2v) is 4.69. The van der Waals surface area contributed by atoms with E-state index >= 15 is 0 Å². The van der Waals surface area contributed by atoms with Crippen molar-refractivity contribution in [3.8, 4) is 0 Å². The van der Waals surface area contributed by atoms with E-state index in [1.165, 1.54) is 32.1 Å². The van der Waals surface area contributed by atoms with Gasteiger partial charge < -0.3 is 4.74 Å². The van der Waals surface area contributed by atoms with Crippen LogP contribution in [0.5, 0.6) is 0 Å². The summed E-state index contributed by atoms with van der Waals surface area (Å²) in [5.74, 6) is 0.965. The van der Waals surface area contributed by atoms with Gasteiger partial charge in [0.1, 0.15) is 6.10 Å². The maximum Gasteiger partial charge on any atom is 0.161 e. The molecule has 0 aliphatic heterocycles. The predicted octanol–water partition coefficient (Wildman–Crippen LogP) is 3.34. The van der Waals surface area contributed by atoms with E-state index < -0.39 is 0 Å². The minimum atomic E-state index is -0.142. The molecule has 1 saturated carbocycles. The molecule has 0 radical (unpaired) electrons. The van der Waals surface area contributed by atoms with Gasteiger partial charge in [0.2, 0.25) is 0 Å². The summed E-state index contributed by atoms with van der Waals surface area (Å²) in [6.45, 7) is 2.10. The zero-order valence-electron chi connectivity index (χ0n) is 10.1. The highest BCUT2D eigenvalue weighted by Gasteiger charge is 2.22. The Hall–Kier alpha value is -0.370. The van der Waals surface area contributed by atoms with Gasteiger partial charge in [0.15, 0.2) is 5.78 Å². The number of rotatable bonds is 6. The average molecular weight is 212 g/mol. The monoisotopic (exact) mass is 212 g/mol. The van der Waals surface area contributed by atoms with E-state index in [1.807, 2.05) is 0 Å². The second kappa shape index (κ2) is 7.00. The summed E-state index contributed by atoms with van der Waals surface area (Å²) >= 11 is 0. The van der Waals surface area contributed by atoms with Gasteiger partial charge in [0.05, 0.1) is 0 Å². The number of carbonyl (C=O) groups is 1. The van der Waals surface area contributed by atoms with Gasteiger partial charge in [-0.2, -0.15) is 0 Å². The molecule has 0 aromatic carbocycles. The summed E-state index contributed by atoms with van der Waals surface area (Å²) in [6.07, 6.45) is 8.97. The number of carbonyl (C=O) groups excluding carboxylic acids is 1. The summed E-state index contributed by atoms with van der Waals surface area (Å²) in [5, 5.41) is 0. The van der Waals surface area contributed by atoms with E-state index in [-0.39, 0.29) is 6.10 Å². The summed E-state index contributed by atoms with van der Waals surface area (Å²) in [5.41, 5.74) is 0. The van der Waals surface area contributed by atoms with Gasteiger partial charge in [-0.25, -0.2) is 0 Å². The molecule has 0 saturated heterocycles. The third kappa shape index (κ3) is 4.33. The molecule has 1 unspecified atom stereocenters. The molecule has 2 heteroatoms. The van der Waals surface area contributed by atoms with Crippen LogP contribution in [0.25, 0.3) is 0 Å². The maximum atomic E-state index is 11.9. The van der Waals surface area contributed by atoms with Gasteiger partial charge in [0, 0.05) is 13.5 Å². The topological polar surface area (TPSA) is 26.3 Å². The van der Waals surface area contributed by atoms with Crippen LogP contribution in [0.3, 0.4) is 0 Å². The standard InChI is InChI=1S/C13H24O2/c1-3-7-13(15-2)12(14)10-11-8-5-4-6-9-11/h11,13H,3-10H2,1-2H3. The molecule has 0 bridgehead atoms. The van der Waals surface area contributed by atoms with Gasteiger partial charge >= 0.3 is 0 Å². The van der Waals surface area contributed by atoms with Gasteiger partial charge in [-0.1, -0.05) is 45.4 Å². The van der Waals surface area contributed by atoms with E-state index in [0.717, 1.165) is 19.3 Å². The first-order chi connectivity index (χ1) is 7.27. The number of ketones is 1. The lowest BCUT2D eigenvalue weighted by Gasteiger charge is -2.22. The van der Waals surface area contributed by atoms with Crippen molar-refractivity contribution < 1.29 is 9.53 Å². The van der Waals surface area contributed by atoms with Crippen LogP contribution >= 0.6 is 0 Å². The first-order valence-corrected chi connectivity index (χ1v) is 6.33. The Morgan fingerprint density at radius 3 is 2.53 bits per heavy atom. The van der Waals surface area contributed by atoms with Crippen LogP contribution in [0.2, 0.25) is 0 Å². The second-order valence-electron chi connectivity index (χ2n) is 4.69. The van der Waals surface area contributed by atoms with Crippen molar-refractivity contribution >= 4 is 5.78 Å². The van der Waals surface area contributed by atoms with Gasteiger partial charge in [0.25, 0.3) is 0 Å². The molecule has 0 spiro atoms. The van der Waals surface area contributed by atoms with Crippen LogP contribution in [-0.2, 0) is 9.53 Å². The van der Waals surface area contributed by atoms with E-state index in [9.17, 15) is 4.79 Å². The van der Waals surface area contributed by atoms with Crippen molar-refractivity contribution in [1.82, 2.24) is 0 Å². The van der Waals surface area contributed by atoms with E-state index in [1.54, 1.807) is 7.11 Å². The van der Waals surface area contributed by atoms with Crippen LogP contribution in [0.15, 0.2) is 0 Å². The normalized spacial score (nSPS) is 20.1. The number of hydrogen-bond acceptors (Lipinski definition) is 2. The molecule has 1 fully saturated rings. The summed E-state index contributed by atoms with van der Waals surface area (Å²) < 4.78 is 5.24. The molecule has 0 aromatic rings. The highest BCUT2D eigenvalue weighted by Crippen LogP contribution is 2.27. The van der Waals surface area contributed by atoms with E-state index in [0.29, 0.717) is 11.7 Å². The molecule has 15 heavy (non-hydrogen) atoms. The fourth-order valence-electron chi connectivity index (χ4n) is 2.48. The first-order valence-electron chi connectivity index (χ1n) is 6.33. The molecule has 1 rings (SSSR count). The smallest absolute Gasteiger partial charge is 0.161 e. The fraction of sp³-hybridized carbons (Fsp3) is 0.923. The number of ether oxygens (including phenoxy) is 1. The number of methoxy groups -OCH3 is 1. The Labute approximate surface area is 93.4 Å². The van der Waals surface area contributed by atoms with E-state index in [2.05, 4.69) is 6.92 Å². The Morgan fingerprint density at radius 1 is 1.33 bits per heavy atom. The zero-order chi connectivity index (χ0) is 11.1. The highest BCUT2D eigenvalue weighted by atomic mass is 16.5. The van der Waals surface area contributed by atoms with Crippen LogP contribution in [0, 0.1) is 5.92 Å². The quantitative estimate of drug-likeness (QED) is 0.675. The van der Waals surface area contributed by atoms with Crippen LogP contribution in [-0.4, -0.2) is 19.0 Å². The number of hydrogen-bond donors (Lipinski definition) is 0. The third-order valence-electron chi connectivity index (χ3n) is 3.41. The van der Waals surface area contributed by atoms with Gasteiger partial charge in [-0.15, -0.1) is 0 Å². The molecular formula is C13H24O2. The average Bonchev–Trinajstić information content (AvgIpc) is 2.27. The van der Waals surface area contributed by atoms with Crippen LogP contribution in [0.1, 0.15) is 58.3 Å². The molecule has 1 aliphatic rings. The lowest BCUT2D eigenvalue weighted by molar-refractivity contribution is -0.130. The molecule has 1 atom stereocenters. The van der Waals surface area contributed by atoms with Crippen molar-refractivity contribution in [3.05, 3.63) is 0 Å². The molecular weight excluding hydrogens is 188 g/mol. The Balaban J connectivity index is 2.31. The number of Topliss-reactive ketones (excluding diaryl/α,β-unsaturated/α-hetero) is 1. The minimum Gasteiger partial charge on any atom is -0.374 e. The van der Waals surface area contributed by atoms with Crippen LogP contribution < -0.4 is 0 Å². The van der Waals surface area contributed by atoms with Crippen molar-refractivity contribution in [1.29, 1.82) is 0 Å². The van der Waals surface area contributed by atoms with Crippen LogP contribution in [0.4, 0.5) is 0 Å². The lowest BCUT2D eigenvalue weighted by Crippen LogP contribution is -2.25. The molecule has 0 N–H and O–H groups in total. The third-order valence-corrected chi connectivity index (χ3v) is 3.41. The Bertz CT molecular complexity index is 183. The predicted molar refractivity (Wildman–Crippen MR) is 61.9 cm³/mol. The maximum absolute atomic E-state index is 11.9. The Kier molecular flexibility index (Phi) is 5.92. The van der Waals surface area contributed by atoms with E-state index in [4.69, 9.17) is 4.74 Å². The first kappa shape index (κ1) is 12.7. The molecule has 1 aliphatic carbocycles. The molecule has 0 heterocycles. The summed E-state index contributed by atoms with van der Waals surface area (Å²) in [7, 11) is 1.65. The lowest BCUT2D eigenvalue weighted by atomic mass is 9.84. The fourth-order valence-corrected chi connectivity index (χ4v) is 2.48. The molecule has 0 aromatic heterocycles. The molecule has 88 valence electrons. The van der Waals surface area contributed by atoms with Gasteiger partial charge in [-0.3, -0.25) is 4.79 Å². The minimum absolute atomic E-state index is 0.142. The Morgan fingerprint density at radius 2 is 2.00 bits per heavy atom.